The van der Waals surface area contributed by atoms with Crippen LogP contribution < -0.4 is 10.5 Å². The third-order valence-corrected chi connectivity index (χ3v) is 6.42. The number of aryl methyl sites for hydroxylation is 2. The largest absolute Gasteiger partial charge is 0.485 e. The van der Waals surface area contributed by atoms with Crippen molar-refractivity contribution in [2.24, 2.45) is 0 Å². The summed E-state index contributed by atoms with van der Waals surface area (Å²) >= 11 is 13.3. The third kappa shape index (κ3) is 3.30. The molecule has 4 aromatic rings. The minimum atomic E-state index is 0.127. The van der Waals surface area contributed by atoms with E-state index in [0.29, 0.717) is 38.1 Å². The summed E-state index contributed by atoms with van der Waals surface area (Å²) in [7, 11) is 0. The van der Waals surface area contributed by atoms with Gasteiger partial charge in [0.05, 0.1) is 15.7 Å². The zero-order valence-corrected chi connectivity index (χ0v) is 17.7. The van der Waals surface area contributed by atoms with Gasteiger partial charge in [-0.15, -0.1) is 11.3 Å². The van der Waals surface area contributed by atoms with Crippen LogP contribution in [0.2, 0.25) is 10.0 Å². The molecule has 0 aliphatic rings. The van der Waals surface area contributed by atoms with Crippen LogP contribution in [-0.2, 0) is 6.61 Å². The van der Waals surface area contributed by atoms with Crippen molar-refractivity contribution in [1.82, 2.24) is 15.1 Å². The van der Waals surface area contributed by atoms with Gasteiger partial charge in [-0.1, -0.05) is 28.4 Å². The fourth-order valence-electron chi connectivity index (χ4n) is 2.85. The van der Waals surface area contributed by atoms with Gasteiger partial charge in [-0.2, -0.15) is 4.98 Å². The van der Waals surface area contributed by atoms with Gasteiger partial charge >= 0.3 is 0 Å². The Bertz CT molecular complexity index is 1200. The van der Waals surface area contributed by atoms with Crippen molar-refractivity contribution in [3.63, 3.8) is 0 Å². The number of rotatable bonds is 4. The molecule has 0 atom stereocenters. The minimum Gasteiger partial charge on any atom is -0.485 e. The summed E-state index contributed by atoms with van der Waals surface area (Å²) in [6.45, 7) is 6.20. The number of thiophene rings is 1. The van der Waals surface area contributed by atoms with E-state index in [4.69, 9.17) is 38.2 Å². The molecule has 9 heteroatoms. The number of fused-ring (bicyclic) bond motifs is 1. The number of anilines is 1. The Morgan fingerprint density at radius 2 is 1.89 bits per heavy atom. The number of hydrogen-bond acceptors (Lipinski definition) is 7. The summed E-state index contributed by atoms with van der Waals surface area (Å²) in [4.78, 5) is 10.6. The van der Waals surface area contributed by atoms with Crippen molar-refractivity contribution >= 4 is 50.4 Å². The van der Waals surface area contributed by atoms with Crippen LogP contribution >= 0.6 is 34.5 Å². The molecule has 3 heterocycles. The van der Waals surface area contributed by atoms with Crippen LogP contribution in [0.1, 0.15) is 22.6 Å². The van der Waals surface area contributed by atoms with Crippen molar-refractivity contribution in [3.05, 3.63) is 50.9 Å². The number of halogens is 2. The van der Waals surface area contributed by atoms with Gasteiger partial charge in [-0.3, -0.25) is 0 Å². The third-order valence-electron chi connectivity index (χ3n) is 4.60. The van der Waals surface area contributed by atoms with E-state index in [1.807, 2.05) is 20.8 Å². The fraction of sp³-hybridized carbons (Fsp3) is 0.211. The molecular weight excluding hydrogens is 419 g/mol. The second kappa shape index (κ2) is 7.24. The van der Waals surface area contributed by atoms with E-state index in [-0.39, 0.29) is 6.61 Å². The monoisotopic (exact) mass is 434 g/mol. The van der Waals surface area contributed by atoms with Gasteiger partial charge in [-0.05, 0) is 44.0 Å². The zero-order chi connectivity index (χ0) is 20.0. The quantitative estimate of drug-likeness (QED) is 0.440. The molecule has 28 heavy (non-hydrogen) atoms. The molecule has 0 amide bonds. The van der Waals surface area contributed by atoms with Crippen molar-refractivity contribution < 1.29 is 9.26 Å². The zero-order valence-electron chi connectivity index (χ0n) is 15.3. The molecule has 2 N–H and O–H groups in total. The number of nitrogens with two attached hydrogens (primary N) is 1. The van der Waals surface area contributed by atoms with Crippen LogP contribution in [-0.4, -0.2) is 15.1 Å². The Morgan fingerprint density at radius 1 is 1.11 bits per heavy atom. The Morgan fingerprint density at radius 3 is 2.64 bits per heavy atom. The molecule has 4 rings (SSSR count). The van der Waals surface area contributed by atoms with E-state index in [1.54, 1.807) is 18.2 Å². The maximum absolute atomic E-state index is 6.38. The number of nitrogen functional groups attached to an aromatic ring is 1. The topological polar surface area (TPSA) is 87.1 Å². The predicted molar refractivity (Wildman–Crippen MR) is 112 cm³/mol. The van der Waals surface area contributed by atoms with Crippen molar-refractivity contribution in [2.75, 3.05) is 5.73 Å². The Labute approximate surface area is 175 Å². The van der Waals surface area contributed by atoms with Gasteiger partial charge in [0.2, 0.25) is 5.82 Å². The van der Waals surface area contributed by atoms with Gasteiger partial charge in [-0.25, -0.2) is 4.98 Å². The van der Waals surface area contributed by atoms with E-state index >= 15 is 0 Å². The lowest BCUT2D eigenvalue weighted by molar-refractivity contribution is 0.287. The molecule has 0 aliphatic heterocycles. The molecule has 0 unspecified atom stereocenters. The number of hydrogen-bond donors (Lipinski definition) is 1. The molecule has 0 radical (unpaired) electrons. The smallest absolute Gasteiger partial charge is 0.270 e. The predicted octanol–water partition coefficient (Wildman–Crippen LogP) is 5.74. The molecule has 0 fully saturated rings. The highest BCUT2D eigenvalue weighted by atomic mass is 35.5. The summed E-state index contributed by atoms with van der Waals surface area (Å²) in [5, 5.41) is 5.80. The first-order valence-corrected chi connectivity index (χ1v) is 9.99. The highest BCUT2D eigenvalue weighted by Gasteiger charge is 2.21. The Balaban J connectivity index is 1.61. The Kier molecular flexibility index (Phi) is 4.91. The highest BCUT2D eigenvalue weighted by molar-refractivity contribution is 7.22. The van der Waals surface area contributed by atoms with Crippen LogP contribution in [0.15, 0.2) is 22.7 Å². The standard InChI is InChI=1S/C19H16Cl2N4O2S/c1-8-9(2)15-16(22)17(28-19(15)23-10(8)3)18-24-14(25-27-18)7-26-11-4-5-12(20)13(21)6-11/h4-6H,7,22H2,1-3H3. The number of nitrogens with zero attached hydrogens (tertiary/aromatic N) is 3. The molecule has 1 aromatic carbocycles. The number of pyridine rings is 1. The highest BCUT2D eigenvalue weighted by Crippen LogP contribution is 2.41. The summed E-state index contributed by atoms with van der Waals surface area (Å²) in [6.07, 6.45) is 0. The number of ether oxygens (including phenoxy) is 1. The Hall–Kier alpha value is -2.35. The lowest BCUT2D eigenvalue weighted by Gasteiger charge is -2.05. The average molecular weight is 435 g/mol. The van der Waals surface area contributed by atoms with Crippen molar-refractivity contribution in [2.45, 2.75) is 27.4 Å². The number of aromatic nitrogens is 3. The van der Waals surface area contributed by atoms with Gasteiger partial charge in [0.1, 0.15) is 15.5 Å². The normalized spacial score (nSPS) is 11.3. The van der Waals surface area contributed by atoms with Gasteiger partial charge in [0.25, 0.3) is 5.89 Å². The summed E-state index contributed by atoms with van der Waals surface area (Å²) in [5.41, 5.74) is 10.2. The summed E-state index contributed by atoms with van der Waals surface area (Å²) in [5.74, 6) is 1.31. The lowest BCUT2D eigenvalue weighted by Crippen LogP contribution is -1.97. The van der Waals surface area contributed by atoms with Gasteiger partial charge in [0, 0.05) is 17.1 Å². The molecule has 0 saturated carbocycles. The van der Waals surface area contributed by atoms with Gasteiger partial charge in [0.15, 0.2) is 6.61 Å². The SMILES string of the molecule is Cc1nc2sc(-c3nc(COc4ccc(Cl)c(Cl)c4)no3)c(N)c2c(C)c1C. The van der Waals surface area contributed by atoms with Crippen LogP contribution in [0.25, 0.3) is 21.0 Å². The first kappa shape index (κ1) is 19.0. The second-order valence-electron chi connectivity index (χ2n) is 6.35. The van der Waals surface area contributed by atoms with E-state index < -0.39 is 0 Å². The fourth-order valence-corrected chi connectivity index (χ4v) is 4.26. The van der Waals surface area contributed by atoms with Gasteiger partial charge < -0.3 is 15.0 Å². The molecular formula is C19H16Cl2N4O2S. The average Bonchev–Trinajstić information content (AvgIpc) is 3.25. The lowest BCUT2D eigenvalue weighted by atomic mass is 10.1. The maximum atomic E-state index is 6.38. The van der Waals surface area contributed by atoms with E-state index in [2.05, 4.69) is 15.1 Å². The van der Waals surface area contributed by atoms with Crippen molar-refractivity contribution in [1.29, 1.82) is 0 Å². The molecule has 6 nitrogen and oxygen atoms in total. The van der Waals surface area contributed by atoms with E-state index in [9.17, 15) is 0 Å². The molecule has 3 aromatic heterocycles. The van der Waals surface area contributed by atoms with Crippen molar-refractivity contribution in [3.8, 4) is 16.5 Å². The molecule has 0 spiro atoms. The van der Waals surface area contributed by atoms with Crippen LogP contribution in [0.5, 0.6) is 5.75 Å². The second-order valence-corrected chi connectivity index (χ2v) is 8.17. The minimum absolute atomic E-state index is 0.127. The van der Waals surface area contributed by atoms with Crippen LogP contribution in [0.4, 0.5) is 5.69 Å². The molecule has 144 valence electrons. The molecule has 0 bridgehead atoms. The molecule has 0 aliphatic carbocycles. The first-order chi connectivity index (χ1) is 13.3. The maximum Gasteiger partial charge on any atom is 0.270 e. The first-order valence-electron chi connectivity index (χ1n) is 8.41. The summed E-state index contributed by atoms with van der Waals surface area (Å²) in [6, 6.07) is 5.02. The van der Waals surface area contributed by atoms with E-state index in [0.717, 1.165) is 27.0 Å². The summed E-state index contributed by atoms with van der Waals surface area (Å²) < 4.78 is 11.1. The molecule has 0 saturated heterocycles. The van der Waals surface area contributed by atoms with Crippen LogP contribution in [0, 0.1) is 20.8 Å². The number of benzene rings is 1. The van der Waals surface area contributed by atoms with E-state index in [1.165, 1.54) is 11.3 Å². The van der Waals surface area contributed by atoms with Crippen LogP contribution in [0.3, 0.4) is 0 Å².